The SMILES string of the molecule is O=C(O)C1(c2ccco2)CC1(F)F. The Kier molecular flexibility index (Phi) is 1.33. The van der Waals surface area contributed by atoms with E-state index in [1.165, 1.54) is 18.4 Å². The first-order valence-corrected chi connectivity index (χ1v) is 3.66. The van der Waals surface area contributed by atoms with Crippen molar-refractivity contribution in [3.05, 3.63) is 24.2 Å². The van der Waals surface area contributed by atoms with Crippen LogP contribution in [-0.2, 0) is 10.2 Å². The summed E-state index contributed by atoms with van der Waals surface area (Å²) in [4.78, 5) is 10.7. The minimum atomic E-state index is -3.18. The first-order valence-electron chi connectivity index (χ1n) is 3.66. The first kappa shape index (κ1) is 8.22. The maximum absolute atomic E-state index is 12.8. The smallest absolute Gasteiger partial charge is 0.323 e. The molecule has 0 bridgehead atoms. The topological polar surface area (TPSA) is 50.4 Å². The molecule has 1 N–H and O–H groups in total. The van der Waals surface area contributed by atoms with Gasteiger partial charge in [0.25, 0.3) is 5.92 Å². The molecule has 0 saturated heterocycles. The van der Waals surface area contributed by atoms with Gasteiger partial charge in [-0.1, -0.05) is 0 Å². The van der Waals surface area contributed by atoms with Crippen molar-refractivity contribution in [2.24, 2.45) is 0 Å². The van der Waals surface area contributed by atoms with Gasteiger partial charge in [-0.05, 0) is 12.1 Å². The Bertz CT molecular complexity index is 344. The molecule has 1 unspecified atom stereocenters. The Morgan fingerprint density at radius 1 is 1.62 bits per heavy atom. The highest BCUT2D eigenvalue weighted by molar-refractivity contribution is 5.86. The molecule has 5 heteroatoms. The Morgan fingerprint density at radius 2 is 2.23 bits per heavy atom. The minimum absolute atomic E-state index is 0.176. The van der Waals surface area contributed by atoms with Gasteiger partial charge in [0, 0.05) is 6.42 Å². The number of carbonyl (C=O) groups is 1. The highest BCUT2D eigenvalue weighted by Gasteiger charge is 2.79. The van der Waals surface area contributed by atoms with E-state index in [0.29, 0.717) is 0 Å². The van der Waals surface area contributed by atoms with E-state index in [1.807, 2.05) is 0 Å². The second-order valence-electron chi connectivity index (χ2n) is 3.07. The second-order valence-corrected chi connectivity index (χ2v) is 3.07. The molecule has 0 aliphatic heterocycles. The molecule has 1 aliphatic rings. The van der Waals surface area contributed by atoms with Crippen LogP contribution < -0.4 is 0 Å². The molecule has 1 fully saturated rings. The molecule has 3 nitrogen and oxygen atoms in total. The van der Waals surface area contributed by atoms with Crippen molar-refractivity contribution in [2.45, 2.75) is 17.8 Å². The summed E-state index contributed by atoms with van der Waals surface area (Å²) in [5.41, 5.74) is -2.11. The number of hydrogen-bond donors (Lipinski definition) is 1. The summed E-state index contributed by atoms with van der Waals surface area (Å²) in [6, 6.07) is 2.66. The van der Waals surface area contributed by atoms with Gasteiger partial charge < -0.3 is 9.52 Å². The Morgan fingerprint density at radius 3 is 2.54 bits per heavy atom. The number of halogens is 2. The van der Waals surface area contributed by atoms with Crippen LogP contribution in [0.15, 0.2) is 22.8 Å². The maximum atomic E-state index is 12.8. The molecular formula is C8H6F2O3. The monoisotopic (exact) mass is 188 g/mol. The van der Waals surface area contributed by atoms with Gasteiger partial charge in [-0.2, -0.15) is 0 Å². The van der Waals surface area contributed by atoms with Gasteiger partial charge in [0.1, 0.15) is 5.76 Å². The van der Waals surface area contributed by atoms with Crippen LogP contribution in [0.3, 0.4) is 0 Å². The van der Waals surface area contributed by atoms with Crippen molar-refractivity contribution in [3.8, 4) is 0 Å². The van der Waals surface area contributed by atoms with Crippen LogP contribution in [-0.4, -0.2) is 17.0 Å². The van der Waals surface area contributed by atoms with E-state index >= 15 is 0 Å². The Hall–Kier alpha value is -1.39. The number of carboxylic acids is 1. The third-order valence-electron chi connectivity index (χ3n) is 2.29. The van der Waals surface area contributed by atoms with Crippen LogP contribution in [0.25, 0.3) is 0 Å². The minimum Gasteiger partial charge on any atom is -0.480 e. The number of rotatable bonds is 2. The fraction of sp³-hybridized carbons (Fsp3) is 0.375. The van der Waals surface area contributed by atoms with E-state index in [9.17, 15) is 13.6 Å². The van der Waals surface area contributed by atoms with Crippen molar-refractivity contribution >= 4 is 5.97 Å². The number of furan rings is 1. The van der Waals surface area contributed by atoms with Gasteiger partial charge in [0.05, 0.1) is 6.26 Å². The van der Waals surface area contributed by atoms with Gasteiger partial charge in [-0.15, -0.1) is 0 Å². The van der Waals surface area contributed by atoms with Crippen LogP contribution >= 0.6 is 0 Å². The summed E-state index contributed by atoms with van der Waals surface area (Å²) < 4.78 is 30.3. The zero-order chi connectivity index (χ0) is 9.69. The standard InChI is InChI=1S/C8H6F2O3/c9-8(10)4-7(8,6(11)12)5-2-1-3-13-5/h1-3H,4H2,(H,11,12). The maximum Gasteiger partial charge on any atom is 0.323 e. The quantitative estimate of drug-likeness (QED) is 0.767. The van der Waals surface area contributed by atoms with E-state index < -0.39 is 23.7 Å². The van der Waals surface area contributed by atoms with Crippen LogP contribution in [0.1, 0.15) is 12.2 Å². The molecule has 0 amide bonds. The molecule has 1 saturated carbocycles. The van der Waals surface area contributed by atoms with Gasteiger partial charge in [0.2, 0.25) is 0 Å². The molecule has 1 atom stereocenters. The molecule has 1 heterocycles. The predicted octanol–water partition coefficient (Wildman–Crippen LogP) is 1.64. The van der Waals surface area contributed by atoms with Crippen molar-refractivity contribution in [1.82, 2.24) is 0 Å². The number of alkyl halides is 2. The molecule has 2 rings (SSSR count). The summed E-state index contributed by atoms with van der Waals surface area (Å²) >= 11 is 0. The molecule has 0 spiro atoms. The van der Waals surface area contributed by atoms with Crippen LogP contribution in [0, 0.1) is 0 Å². The van der Waals surface area contributed by atoms with E-state index in [1.54, 1.807) is 0 Å². The molecule has 70 valence electrons. The van der Waals surface area contributed by atoms with E-state index in [4.69, 9.17) is 9.52 Å². The summed E-state index contributed by atoms with van der Waals surface area (Å²) in [6.07, 6.45) is 0.511. The van der Waals surface area contributed by atoms with Crippen LogP contribution in [0.2, 0.25) is 0 Å². The second kappa shape index (κ2) is 2.10. The number of carboxylic acid groups (broad SMARTS) is 1. The number of aliphatic carboxylic acids is 1. The van der Waals surface area contributed by atoms with Crippen molar-refractivity contribution in [1.29, 1.82) is 0 Å². The summed E-state index contributed by atoms with van der Waals surface area (Å²) in [5, 5.41) is 8.67. The highest BCUT2D eigenvalue weighted by Crippen LogP contribution is 2.61. The van der Waals surface area contributed by atoms with Gasteiger partial charge in [0.15, 0.2) is 5.41 Å². The number of hydrogen-bond acceptors (Lipinski definition) is 2. The normalized spacial score (nSPS) is 30.0. The fourth-order valence-electron chi connectivity index (χ4n) is 1.42. The zero-order valence-electron chi connectivity index (χ0n) is 6.46. The predicted molar refractivity (Wildman–Crippen MR) is 37.6 cm³/mol. The average Bonchev–Trinajstić information content (AvgIpc) is 2.52. The van der Waals surface area contributed by atoms with E-state index in [0.717, 1.165) is 0 Å². The summed E-state index contributed by atoms with van der Waals surface area (Å²) in [7, 11) is 0. The van der Waals surface area contributed by atoms with Gasteiger partial charge >= 0.3 is 5.97 Å². The zero-order valence-corrected chi connectivity index (χ0v) is 6.46. The lowest BCUT2D eigenvalue weighted by atomic mass is 10.0. The van der Waals surface area contributed by atoms with Crippen LogP contribution in [0.4, 0.5) is 8.78 Å². The van der Waals surface area contributed by atoms with E-state index in [-0.39, 0.29) is 5.76 Å². The van der Waals surface area contributed by atoms with Crippen molar-refractivity contribution in [3.63, 3.8) is 0 Å². The molecule has 1 aromatic rings. The highest BCUT2D eigenvalue weighted by atomic mass is 19.3. The van der Waals surface area contributed by atoms with E-state index in [2.05, 4.69) is 0 Å². The Balaban J connectivity index is 2.45. The van der Waals surface area contributed by atoms with Crippen molar-refractivity contribution < 1.29 is 23.1 Å². The lowest BCUT2D eigenvalue weighted by Gasteiger charge is -2.06. The molecule has 0 aromatic carbocycles. The lowest BCUT2D eigenvalue weighted by Crippen LogP contribution is -2.26. The van der Waals surface area contributed by atoms with Crippen molar-refractivity contribution in [2.75, 3.05) is 0 Å². The average molecular weight is 188 g/mol. The summed E-state index contributed by atoms with van der Waals surface area (Å²) in [6.45, 7) is 0. The molecule has 0 radical (unpaired) electrons. The third kappa shape index (κ3) is 0.839. The Labute approximate surface area is 72.0 Å². The van der Waals surface area contributed by atoms with Gasteiger partial charge in [-0.3, -0.25) is 4.79 Å². The molecule has 13 heavy (non-hydrogen) atoms. The largest absolute Gasteiger partial charge is 0.480 e. The molecular weight excluding hydrogens is 182 g/mol. The van der Waals surface area contributed by atoms with Crippen LogP contribution in [0.5, 0.6) is 0 Å². The molecule has 1 aliphatic carbocycles. The first-order chi connectivity index (χ1) is 6.01. The third-order valence-corrected chi connectivity index (χ3v) is 2.29. The fourth-order valence-corrected chi connectivity index (χ4v) is 1.42. The van der Waals surface area contributed by atoms with Gasteiger partial charge in [-0.25, -0.2) is 8.78 Å². The summed E-state index contributed by atoms with van der Waals surface area (Å²) in [5.74, 6) is -4.89. The molecule has 1 aromatic heterocycles. The lowest BCUT2D eigenvalue weighted by molar-refractivity contribution is -0.143.